The summed E-state index contributed by atoms with van der Waals surface area (Å²) in [7, 11) is 0. The Morgan fingerprint density at radius 1 is 1.04 bits per heavy atom. The first-order valence-corrected chi connectivity index (χ1v) is 7.77. The lowest BCUT2D eigenvalue weighted by Crippen LogP contribution is -2.12. The van der Waals surface area contributed by atoms with Crippen molar-refractivity contribution in [2.75, 3.05) is 10.6 Å². The third-order valence-corrected chi connectivity index (χ3v) is 3.87. The van der Waals surface area contributed by atoms with Gasteiger partial charge in [-0.15, -0.1) is 11.3 Å². The van der Waals surface area contributed by atoms with E-state index in [1.165, 1.54) is 18.3 Å². The molecule has 1 aromatic carbocycles. The fraction of sp³-hybridized carbons (Fsp3) is 0.0625. The van der Waals surface area contributed by atoms with E-state index >= 15 is 0 Å². The molecule has 116 valence electrons. The molecule has 3 rings (SSSR count). The van der Waals surface area contributed by atoms with Crippen LogP contribution >= 0.6 is 11.3 Å². The standard InChI is InChI=1S/C16H14N4O2S/c1-11(21)17-12-4-6-13(7-5-12)18-15(22)14-10-23-16(19-14)20-8-2-3-9-20/h2-10H,1H3,(H,17,21)(H,18,22). The lowest BCUT2D eigenvalue weighted by Gasteiger charge is -2.05. The minimum absolute atomic E-state index is 0.137. The van der Waals surface area contributed by atoms with Gasteiger partial charge in [0.1, 0.15) is 5.69 Å². The van der Waals surface area contributed by atoms with Crippen molar-refractivity contribution in [2.45, 2.75) is 6.92 Å². The first-order chi connectivity index (χ1) is 11.1. The monoisotopic (exact) mass is 326 g/mol. The number of hydrogen-bond donors (Lipinski definition) is 2. The van der Waals surface area contributed by atoms with E-state index < -0.39 is 0 Å². The van der Waals surface area contributed by atoms with Gasteiger partial charge < -0.3 is 15.2 Å². The van der Waals surface area contributed by atoms with E-state index in [9.17, 15) is 9.59 Å². The zero-order chi connectivity index (χ0) is 16.2. The highest BCUT2D eigenvalue weighted by atomic mass is 32.1. The lowest BCUT2D eigenvalue weighted by molar-refractivity contribution is -0.114. The highest BCUT2D eigenvalue weighted by molar-refractivity contribution is 7.12. The summed E-state index contributed by atoms with van der Waals surface area (Å²) in [5.74, 6) is -0.409. The molecule has 6 nitrogen and oxygen atoms in total. The van der Waals surface area contributed by atoms with E-state index in [4.69, 9.17) is 0 Å². The van der Waals surface area contributed by atoms with Gasteiger partial charge in [-0.05, 0) is 36.4 Å². The van der Waals surface area contributed by atoms with Gasteiger partial charge in [0.15, 0.2) is 5.13 Å². The van der Waals surface area contributed by atoms with Crippen LogP contribution < -0.4 is 10.6 Å². The fourth-order valence-electron chi connectivity index (χ4n) is 1.98. The smallest absolute Gasteiger partial charge is 0.275 e. The second-order valence-electron chi connectivity index (χ2n) is 4.82. The van der Waals surface area contributed by atoms with Crippen LogP contribution in [0.1, 0.15) is 17.4 Å². The van der Waals surface area contributed by atoms with Gasteiger partial charge in [-0.1, -0.05) is 0 Å². The predicted molar refractivity (Wildman–Crippen MR) is 90.1 cm³/mol. The molecule has 0 saturated carbocycles. The number of amides is 2. The van der Waals surface area contributed by atoms with Crippen LogP contribution in [0.3, 0.4) is 0 Å². The van der Waals surface area contributed by atoms with Crippen molar-refractivity contribution >= 4 is 34.5 Å². The number of thiazole rings is 1. The topological polar surface area (TPSA) is 76.0 Å². The van der Waals surface area contributed by atoms with Crippen molar-refractivity contribution in [2.24, 2.45) is 0 Å². The van der Waals surface area contributed by atoms with Crippen LogP contribution in [0.5, 0.6) is 0 Å². The van der Waals surface area contributed by atoms with Crippen LogP contribution in [0.2, 0.25) is 0 Å². The van der Waals surface area contributed by atoms with Crippen LogP contribution in [0.15, 0.2) is 54.2 Å². The lowest BCUT2D eigenvalue weighted by atomic mass is 10.2. The zero-order valence-corrected chi connectivity index (χ0v) is 13.1. The van der Waals surface area contributed by atoms with Gasteiger partial charge in [-0.2, -0.15) is 0 Å². The molecule has 0 radical (unpaired) electrons. The second-order valence-corrected chi connectivity index (χ2v) is 5.65. The van der Waals surface area contributed by atoms with Gasteiger partial charge in [-0.3, -0.25) is 9.59 Å². The van der Waals surface area contributed by atoms with E-state index in [-0.39, 0.29) is 11.8 Å². The molecule has 0 atom stereocenters. The van der Waals surface area contributed by atoms with Gasteiger partial charge in [0.05, 0.1) is 0 Å². The van der Waals surface area contributed by atoms with Crippen LogP contribution in [0.4, 0.5) is 11.4 Å². The number of hydrogen-bond acceptors (Lipinski definition) is 4. The Morgan fingerprint density at radius 2 is 1.65 bits per heavy atom. The molecule has 2 N–H and O–H groups in total. The van der Waals surface area contributed by atoms with E-state index in [0.717, 1.165) is 5.13 Å². The van der Waals surface area contributed by atoms with E-state index in [0.29, 0.717) is 17.1 Å². The summed E-state index contributed by atoms with van der Waals surface area (Å²) in [5.41, 5.74) is 1.68. The Bertz CT molecular complexity index is 822. The van der Waals surface area contributed by atoms with Crippen LogP contribution in [0, 0.1) is 0 Å². The Balaban J connectivity index is 1.68. The summed E-state index contributed by atoms with van der Waals surface area (Å²) >= 11 is 1.40. The summed E-state index contributed by atoms with van der Waals surface area (Å²) < 4.78 is 1.85. The minimum Gasteiger partial charge on any atom is -0.326 e. The van der Waals surface area contributed by atoms with Gasteiger partial charge in [-0.25, -0.2) is 4.98 Å². The Kier molecular flexibility index (Phi) is 4.20. The molecule has 0 bridgehead atoms. The SMILES string of the molecule is CC(=O)Nc1ccc(NC(=O)c2csc(-n3cccc3)n2)cc1. The first-order valence-electron chi connectivity index (χ1n) is 6.90. The Morgan fingerprint density at radius 3 is 2.26 bits per heavy atom. The molecule has 0 unspecified atom stereocenters. The van der Waals surface area contributed by atoms with Crippen molar-refractivity contribution in [3.8, 4) is 5.13 Å². The van der Waals surface area contributed by atoms with Gasteiger partial charge in [0.2, 0.25) is 5.91 Å². The Hall–Kier alpha value is -2.93. The Labute approximate surface area is 136 Å². The van der Waals surface area contributed by atoms with Gasteiger partial charge in [0, 0.05) is 36.1 Å². The third-order valence-electron chi connectivity index (χ3n) is 3.01. The zero-order valence-electron chi connectivity index (χ0n) is 12.3. The number of carbonyl (C=O) groups excluding carboxylic acids is 2. The van der Waals surface area contributed by atoms with Crippen molar-refractivity contribution in [3.05, 3.63) is 59.9 Å². The van der Waals surface area contributed by atoms with Crippen molar-refractivity contribution < 1.29 is 9.59 Å². The van der Waals surface area contributed by atoms with Crippen LogP contribution in [0.25, 0.3) is 5.13 Å². The molecular weight excluding hydrogens is 312 g/mol. The number of benzene rings is 1. The van der Waals surface area contributed by atoms with Crippen molar-refractivity contribution in [1.82, 2.24) is 9.55 Å². The number of anilines is 2. The fourth-order valence-corrected chi connectivity index (χ4v) is 2.76. The van der Waals surface area contributed by atoms with Crippen LogP contribution in [-0.2, 0) is 4.79 Å². The molecule has 2 heterocycles. The van der Waals surface area contributed by atoms with Crippen molar-refractivity contribution in [3.63, 3.8) is 0 Å². The third kappa shape index (κ3) is 3.64. The average molecular weight is 326 g/mol. The highest BCUT2D eigenvalue weighted by Crippen LogP contribution is 2.18. The summed E-state index contributed by atoms with van der Waals surface area (Å²) in [4.78, 5) is 27.5. The first kappa shape index (κ1) is 15.0. The molecule has 0 spiro atoms. The molecule has 0 fully saturated rings. The predicted octanol–water partition coefficient (Wildman–Crippen LogP) is 3.14. The number of aromatic nitrogens is 2. The molecule has 0 aliphatic rings. The summed E-state index contributed by atoms with van der Waals surface area (Å²) in [6.45, 7) is 1.44. The van der Waals surface area contributed by atoms with Crippen LogP contribution in [-0.4, -0.2) is 21.4 Å². The van der Waals surface area contributed by atoms with Gasteiger partial charge in [0.25, 0.3) is 5.91 Å². The molecule has 0 saturated heterocycles. The number of nitrogens with zero attached hydrogens (tertiary/aromatic N) is 2. The molecule has 23 heavy (non-hydrogen) atoms. The quantitative estimate of drug-likeness (QED) is 0.773. The molecule has 7 heteroatoms. The molecule has 2 amide bonds. The second kappa shape index (κ2) is 6.45. The maximum atomic E-state index is 12.2. The maximum absolute atomic E-state index is 12.2. The van der Waals surface area contributed by atoms with E-state index in [2.05, 4.69) is 15.6 Å². The van der Waals surface area contributed by atoms with Crippen molar-refractivity contribution in [1.29, 1.82) is 0 Å². The molecular formula is C16H14N4O2S. The molecule has 0 aliphatic carbocycles. The van der Waals surface area contributed by atoms with Gasteiger partial charge >= 0.3 is 0 Å². The number of carbonyl (C=O) groups is 2. The summed E-state index contributed by atoms with van der Waals surface area (Å²) in [6, 6.07) is 10.7. The molecule has 0 aliphatic heterocycles. The van der Waals surface area contributed by atoms with E-state index in [1.807, 2.05) is 29.1 Å². The molecule has 3 aromatic rings. The molecule has 2 aromatic heterocycles. The normalized spacial score (nSPS) is 10.3. The summed E-state index contributed by atoms with van der Waals surface area (Å²) in [6.07, 6.45) is 3.75. The van der Waals surface area contributed by atoms with E-state index in [1.54, 1.807) is 29.6 Å². The number of nitrogens with one attached hydrogen (secondary N) is 2. The largest absolute Gasteiger partial charge is 0.326 e. The average Bonchev–Trinajstić information content (AvgIpc) is 3.19. The highest BCUT2D eigenvalue weighted by Gasteiger charge is 2.11. The summed E-state index contributed by atoms with van der Waals surface area (Å²) in [5, 5.41) is 7.91. The number of rotatable bonds is 4. The minimum atomic E-state index is -0.271. The maximum Gasteiger partial charge on any atom is 0.275 e.